The second-order valence-corrected chi connectivity index (χ2v) is 9.99. The quantitative estimate of drug-likeness (QED) is 0.644. The van der Waals surface area contributed by atoms with E-state index in [9.17, 15) is 13.2 Å². The van der Waals surface area contributed by atoms with Gasteiger partial charge in [-0.2, -0.15) is 4.31 Å². The van der Waals surface area contributed by atoms with Crippen LogP contribution in [0.3, 0.4) is 0 Å². The van der Waals surface area contributed by atoms with Gasteiger partial charge in [-0.15, -0.1) is 0 Å². The Hall–Kier alpha value is -1.88. The number of benzene rings is 1. The first kappa shape index (κ1) is 21.4. The van der Waals surface area contributed by atoms with Gasteiger partial charge in [0.25, 0.3) is 0 Å². The molecule has 166 valence electrons. The third kappa shape index (κ3) is 4.01. The van der Waals surface area contributed by atoms with Gasteiger partial charge in [0.05, 0.1) is 44.5 Å². The Labute approximate surface area is 176 Å². The van der Waals surface area contributed by atoms with Crippen molar-refractivity contribution in [1.82, 2.24) is 9.21 Å². The molecule has 0 N–H and O–H groups in total. The van der Waals surface area contributed by atoms with Gasteiger partial charge >= 0.3 is 0 Å². The molecule has 0 radical (unpaired) electrons. The largest absolute Gasteiger partial charge is 0.493 e. The van der Waals surface area contributed by atoms with Gasteiger partial charge < -0.3 is 23.8 Å². The van der Waals surface area contributed by atoms with Crippen molar-refractivity contribution in [2.45, 2.75) is 23.3 Å². The monoisotopic (exact) mass is 440 g/mol. The highest BCUT2D eigenvalue weighted by molar-refractivity contribution is 7.89. The molecule has 1 aromatic carbocycles. The van der Waals surface area contributed by atoms with Gasteiger partial charge in [0.15, 0.2) is 11.5 Å². The first-order chi connectivity index (χ1) is 14.4. The maximum absolute atomic E-state index is 13.0. The van der Waals surface area contributed by atoms with Gasteiger partial charge in [0.2, 0.25) is 15.9 Å². The Morgan fingerprint density at radius 3 is 2.53 bits per heavy atom. The number of amides is 1. The number of rotatable bonds is 6. The van der Waals surface area contributed by atoms with E-state index in [4.69, 9.17) is 18.9 Å². The second-order valence-electron chi connectivity index (χ2n) is 8.05. The summed E-state index contributed by atoms with van der Waals surface area (Å²) in [5, 5.41) is 0. The summed E-state index contributed by atoms with van der Waals surface area (Å²) in [6, 6.07) is 4.57. The molecule has 1 amide bonds. The maximum atomic E-state index is 13.0. The Balaban J connectivity index is 1.35. The fourth-order valence-corrected chi connectivity index (χ4v) is 5.98. The van der Waals surface area contributed by atoms with Crippen LogP contribution in [0.4, 0.5) is 0 Å². The summed E-state index contributed by atoms with van der Waals surface area (Å²) in [5.74, 6) is 1.08. The van der Waals surface area contributed by atoms with Crippen LogP contribution in [0.1, 0.15) is 12.8 Å². The van der Waals surface area contributed by atoms with Crippen LogP contribution < -0.4 is 9.47 Å². The molecule has 30 heavy (non-hydrogen) atoms. The Morgan fingerprint density at radius 2 is 1.87 bits per heavy atom. The lowest BCUT2D eigenvalue weighted by atomic mass is 9.87. The molecule has 1 aromatic rings. The van der Waals surface area contributed by atoms with Gasteiger partial charge in [-0.05, 0) is 24.5 Å². The molecule has 3 fully saturated rings. The van der Waals surface area contributed by atoms with Crippen molar-refractivity contribution in [2.24, 2.45) is 5.92 Å². The highest BCUT2D eigenvalue weighted by atomic mass is 32.2. The molecule has 3 aliphatic rings. The van der Waals surface area contributed by atoms with Crippen LogP contribution in [-0.4, -0.2) is 89.4 Å². The van der Waals surface area contributed by atoms with Crippen molar-refractivity contribution in [2.75, 3.05) is 60.2 Å². The van der Waals surface area contributed by atoms with E-state index in [0.29, 0.717) is 70.3 Å². The van der Waals surface area contributed by atoms with E-state index < -0.39 is 15.6 Å². The Kier molecular flexibility index (Phi) is 5.93. The predicted octanol–water partition coefficient (Wildman–Crippen LogP) is 0.732. The number of nitrogens with zero attached hydrogens (tertiary/aromatic N) is 2. The number of hydrogen-bond donors (Lipinski definition) is 0. The molecular weight excluding hydrogens is 412 g/mol. The first-order valence-corrected chi connectivity index (χ1v) is 11.5. The van der Waals surface area contributed by atoms with Crippen LogP contribution in [-0.2, 0) is 24.3 Å². The molecule has 4 rings (SSSR count). The molecule has 10 heteroatoms. The summed E-state index contributed by atoms with van der Waals surface area (Å²) in [6.45, 7) is 3.52. The van der Waals surface area contributed by atoms with Crippen molar-refractivity contribution >= 4 is 15.9 Å². The Morgan fingerprint density at radius 1 is 1.17 bits per heavy atom. The average Bonchev–Trinajstić information content (AvgIpc) is 3.17. The number of hydrogen-bond acceptors (Lipinski definition) is 7. The topological polar surface area (TPSA) is 94.6 Å². The molecule has 3 saturated heterocycles. The minimum Gasteiger partial charge on any atom is -0.493 e. The zero-order chi connectivity index (χ0) is 21.4. The molecule has 0 aromatic heterocycles. The second kappa shape index (κ2) is 8.33. The van der Waals surface area contributed by atoms with Gasteiger partial charge in [-0.1, -0.05) is 0 Å². The fourth-order valence-electron chi connectivity index (χ4n) is 4.37. The number of carbonyl (C=O) groups is 1. The minimum absolute atomic E-state index is 0.117. The van der Waals surface area contributed by atoms with Crippen LogP contribution in [0.5, 0.6) is 11.5 Å². The Bertz CT molecular complexity index is 892. The summed E-state index contributed by atoms with van der Waals surface area (Å²) < 4.78 is 49.1. The van der Waals surface area contributed by atoms with E-state index in [2.05, 4.69) is 0 Å². The van der Waals surface area contributed by atoms with Gasteiger partial charge in [0.1, 0.15) is 0 Å². The molecule has 1 atom stereocenters. The number of morpholine rings is 1. The summed E-state index contributed by atoms with van der Waals surface area (Å²) in [6.07, 6.45) is 1.13. The number of methoxy groups -OCH3 is 2. The van der Waals surface area contributed by atoms with Crippen molar-refractivity contribution in [3.63, 3.8) is 0 Å². The van der Waals surface area contributed by atoms with Crippen LogP contribution in [0, 0.1) is 5.92 Å². The van der Waals surface area contributed by atoms with E-state index >= 15 is 0 Å². The SMILES string of the molecule is COc1ccc(S(=O)(=O)N2CC3(CC(CC(=O)N4CCOCC4)CO3)C2)cc1OC. The minimum atomic E-state index is -3.65. The number of sulfonamides is 1. The zero-order valence-corrected chi connectivity index (χ0v) is 18.2. The highest BCUT2D eigenvalue weighted by Gasteiger charge is 2.53. The van der Waals surface area contributed by atoms with E-state index in [1.807, 2.05) is 4.90 Å². The van der Waals surface area contributed by atoms with E-state index in [1.165, 1.54) is 30.7 Å². The fraction of sp³-hybridized carbons (Fsp3) is 0.650. The molecule has 1 spiro atoms. The number of carbonyl (C=O) groups excluding carboxylic acids is 1. The molecule has 3 aliphatic heterocycles. The van der Waals surface area contributed by atoms with Crippen LogP contribution in [0.15, 0.2) is 23.1 Å². The predicted molar refractivity (Wildman–Crippen MR) is 107 cm³/mol. The molecule has 9 nitrogen and oxygen atoms in total. The third-order valence-corrected chi connectivity index (χ3v) is 7.82. The lowest BCUT2D eigenvalue weighted by Crippen LogP contribution is -2.63. The van der Waals surface area contributed by atoms with Gasteiger partial charge in [-0.25, -0.2) is 8.42 Å². The normalized spacial score (nSPS) is 23.9. The van der Waals surface area contributed by atoms with Crippen molar-refractivity contribution in [3.8, 4) is 11.5 Å². The summed E-state index contributed by atoms with van der Waals surface area (Å²) in [7, 11) is -0.680. The number of ether oxygens (including phenoxy) is 4. The lowest BCUT2D eigenvalue weighted by Gasteiger charge is -2.46. The van der Waals surface area contributed by atoms with Crippen LogP contribution in [0.25, 0.3) is 0 Å². The van der Waals surface area contributed by atoms with Crippen molar-refractivity contribution in [1.29, 1.82) is 0 Å². The van der Waals surface area contributed by atoms with Crippen molar-refractivity contribution in [3.05, 3.63) is 18.2 Å². The molecule has 1 unspecified atom stereocenters. The molecule has 0 bridgehead atoms. The molecule has 0 aliphatic carbocycles. The third-order valence-electron chi connectivity index (χ3n) is 6.03. The molecular formula is C20H28N2O7S. The van der Waals surface area contributed by atoms with E-state index in [-0.39, 0.29) is 16.7 Å². The summed E-state index contributed by atoms with van der Waals surface area (Å²) in [5.41, 5.74) is -0.487. The van der Waals surface area contributed by atoms with Gasteiger partial charge in [0, 0.05) is 38.7 Å². The molecule has 3 heterocycles. The average molecular weight is 441 g/mol. The van der Waals surface area contributed by atoms with E-state index in [1.54, 1.807) is 6.07 Å². The standard InChI is InChI=1S/C20H28N2O7S/c1-26-17-4-3-16(10-18(17)27-2)30(24,25)22-13-20(14-22)11-15(12-29-20)9-19(23)21-5-7-28-8-6-21/h3-4,10,15H,5-9,11-14H2,1-2H3. The summed E-state index contributed by atoms with van der Waals surface area (Å²) in [4.78, 5) is 14.5. The van der Waals surface area contributed by atoms with Crippen LogP contribution in [0.2, 0.25) is 0 Å². The summed E-state index contributed by atoms with van der Waals surface area (Å²) >= 11 is 0. The van der Waals surface area contributed by atoms with Crippen LogP contribution >= 0.6 is 0 Å². The van der Waals surface area contributed by atoms with Gasteiger partial charge in [-0.3, -0.25) is 4.79 Å². The highest BCUT2D eigenvalue weighted by Crippen LogP contribution is 2.42. The van der Waals surface area contributed by atoms with E-state index in [0.717, 1.165) is 0 Å². The first-order valence-electron chi connectivity index (χ1n) is 10.1. The zero-order valence-electron chi connectivity index (χ0n) is 17.3. The maximum Gasteiger partial charge on any atom is 0.243 e. The smallest absolute Gasteiger partial charge is 0.243 e. The lowest BCUT2D eigenvalue weighted by molar-refractivity contribution is -0.136. The van der Waals surface area contributed by atoms with Crippen molar-refractivity contribution < 1.29 is 32.2 Å². The molecule has 0 saturated carbocycles.